The Bertz CT molecular complexity index is 2960. The number of nitrogens with one attached hydrogen (secondary N) is 3. The highest BCUT2D eigenvalue weighted by atomic mass is 32.2. The van der Waals surface area contributed by atoms with Crippen LogP contribution in [0.15, 0.2) is 83.9 Å². The van der Waals surface area contributed by atoms with Crippen molar-refractivity contribution in [2.24, 2.45) is 11.3 Å². The highest BCUT2D eigenvalue weighted by Gasteiger charge is 2.53. The SMILES string of the molecule is CC(C)c1ccccc1[C@@H]1COCCC12CN(C1CCN(c3ccc(C(=O)NS(=O)(=O)c4ccc(NC[C@H]5CC[C@](C)(O)CC5)c([N+](=O)[O-])c4)c(N4c5cc6cc[nH]c6nc5O[C@H]5COCC[C@@H]54)c3)CC1)C2. The van der Waals surface area contributed by atoms with Crippen molar-refractivity contribution >= 4 is 55.4 Å². The van der Waals surface area contributed by atoms with Crippen molar-refractivity contribution in [3.8, 4) is 5.88 Å². The first-order valence-corrected chi connectivity index (χ1v) is 27.3. The van der Waals surface area contributed by atoms with Crippen LogP contribution in [-0.2, 0) is 19.5 Å². The number of hydrogen-bond donors (Lipinski definition) is 4. The smallest absolute Gasteiger partial charge is 0.293 e. The van der Waals surface area contributed by atoms with Gasteiger partial charge in [0.15, 0.2) is 0 Å². The molecular formula is C54H66N8O9S. The Labute approximate surface area is 420 Å². The first kappa shape index (κ1) is 48.5. The van der Waals surface area contributed by atoms with Crippen molar-refractivity contribution in [2.45, 2.75) is 113 Å². The fourth-order valence-corrected chi connectivity index (χ4v) is 13.5. The second kappa shape index (κ2) is 19.2. The fraction of sp³-hybridized carbons (Fsp3) is 0.519. The largest absolute Gasteiger partial charge is 0.468 e. The summed E-state index contributed by atoms with van der Waals surface area (Å²) >= 11 is 0. The molecule has 3 aromatic carbocycles. The van der Waals surface area contributed by atoms with Gasteiger partial charge in [0.2, 0.25) is 5.88 Å². The molecule has 1 saturated carbocycles. The van der Waals surface area contributed by atoms with Crippen LogP contribution < -0.4 is 24.6 Å². The molecule has 1 spiro atoms. The number of anilines is 4. The number of H-pyrrole nitrogens is 1. The molecule has 18 heteroatoms. The summed E-state index contributed by atoms with van der Waals surface area (Å²) in [6.07, 6.45) is 7.74. The molecule has 5 aliphatic heterocycles. The van der Waals surface area contributed by atoms with E-state index in [1.807, 2.05) is 31.2 Å². The van der Waals surface area contributed by atoms with Gasteiger partial charge in [-0.3, -0.25) is 19.8 Å². The van der Waals surface area contributed by atoms with Crippen molar-refractivity contribution in [3.05, 3.63) is 106 Å². The number of benzene rings is 3. The maximum absolute atomic E-state index is 14.7. The summed E-state index contributed by atoms with van der Waals surface area (Å²) in [4.78, 5) is 41.2. The Balaban J connectivity index is 0.862. The highest BCUT2D eigenvalue weighted by Crippen LogP contribution is 2.52. The van der Waals surface area contributed by atoms with Crippen LogP contribution in [0.5, 0.6) is 5.88 Å². The molecule has 1 amide bonds. The summed E-state index contributed by atoms with van der Waals surface area (Å²) in [6, 6.07) is 22.2. The van der Waals surface area contributed by atoms with E-state index < -0.39 is 43.1 Å². The molecule has 0 bridgehead atoms. The number of aromatic nitrogens is 2. The van der Waals surface area contributed by atoms with Crippen LogP contribution in [0.25, 0.3) is 11.0 Å². The van der Waals surface area contributed by atoms with E-state index in [4.69, 9.17) is 19.2 Å². The van der Waals surface area contributed by atoms with E-state index in [1.54, 1.807) is 12.3 Å². The molecule has 2 aromatic heterocycles. The first-order chi connectivity index (χ1) is 34.6. The van der Waals surface area contributed by atoms with E-state index >= 15 is 0 Å². The molecule has 0 unspecified atom stereocenters. The van der Waals surface area contributed by atoms with Gasteiger partial charge in [-0.1, -0.05) is 38.1 Å². The van der Waals surface area contributed by atoms with E-state index in [2.05, 4.69) is 67.8 Å². The Kier molecular flexibility index (Phi) is 13.0. The van der Waals surface area contributed by atoms with Gasteiger partial charge < -0.3 is 39.4 Å². The summed E-state index contributed by atoms with van der Waals surface area (Å²) in [5, 5.41) is 26.7. The average Bonchev–Trinajstić information content (AvgIpc) is 3.83. The fourth-order valence-electron chi connectivity index (χ4n) is 12.5. The third-order valence-corrected chi connectivity index (χ3v) is 18.0. The minimum Gasteiger partial charge on any atom is -0.468 e. The van der Waals surface area contributed by atoms with Crippen molar-refractivity contribution in [3.63, 3.8) is 0 Å². The number of nitrogens with zero attached hydrogens (tertiary/aromatic N) is 5. The van der Waals surface area contributed by atoms with Gasteiger partial charge >= 0.3 is 0 Å². The van der Waals surface area contributed by atoms with Crippen LogP contribution >= 0.6 is 0 Å². The molecule has 4 N–H and O–H groups in total. The summed E-state index contributed by atoms with van der Waals surface area (Å²) in [5.41, 5.74) is 4.88. The van der Waals surface area contributed by atoms with Crippen LogP contribution in [0.3, 0.4) is 0 Å². The number of likely N-dealkylation sites (tertiary alicyclic amines) is 1. The third kappa shape index (κ3) is 9.29. The number of rotatable bonds is 12. The summed E-state index contributed by atoms with van der Waals surface area (Å²) in [7, 11) is -4.62. The molecule has 6 aliphatic rings. The zero-order valence-corrected chi connectivity index (χ0v) is 42.2. The number of nitro benzene ring substituents is 1. The van der Waals surface area contributed by atoms with Crippen molar-refractivity contribution in [2.75, 3.05) is 74.3 Å². The monoisotopic (exact) mass is 1000 g/mol. The number of piperidine rings is 1. The van der Waals surface area contributed by atoms with E-state index in [0.29, 0.717) is 79.8 Å². The van der Waals surface area contributed by atoms with Gasteiger partial charge in [0, 0.05) is 86.6 Å². The minimum absolute atomic E-state index is 0.111. The molecule has 5 fully saturated rings. The van der Waals surface area contributed by atoms with Crippen LogP contribution in [-0.4, -0.2) is 122 Å². The molecule has 72 heavy (non-hydrogen) atoms. The predicted molar refractivity (Wildman–Crippen MR) is 275 cm³/mol. The summed E-state index contributed by atoms with van der Waals surface area (Å²) in [6.45, 7) is 12.8. The highest BCUT2D eigenvalue weighted by molar-refractivity contribution is 7.90. The number of carbonyl (C=O) groups is 1. The number of sulfonamides is 1. The molecule has 3 atom stereocenters. The van der Waals surface area contributed by atoms with Crippen LogP contribution in [0.4, 0.5) is 28.4 Å². The van der Waals surface area contributed by atoms with E-state index in [0.717, 1.165) is 88.6 Å². The number of amides is 1. The lowest BCUT2D eigenvalue weighted by Crippen LogP contribution is -2.65. The molecular weight excluding hydrogens is 937 g/mol. The molecule has 5 aromatic rings. The molecule has 7 heterocycles. The van der Waals surface area contributed by atoms with Gasteiger partial charge in [0.1, 0.15) is 23.1 Å². The molecule has 1 aliphatic carbocycles. The van der Waals surface area contributed by atoms with Gasteiger partial charge in [0.05, 0.1) is 45.9 Å². The Morgan fingerprint density at radius 3 is 2.50 bits per heavy atom. The summed E-state index contributed by atoms with van der Waals surface area (Å²) < 4.78 is 49.2. The quantitative estimate of drug-likeness (QED) is 0.0687. The minimum atomic E-state index is -4.62. The van der Waals surface area contributed by atoms with Crippen LogP contribution in [0.2, 0.25) is 0 Å². The number of aliphatic hydroxyl groups is 1. The van der Waals surface area contributed by atoms with Gasteiger partial charge in [-0.2, -0.15) is 4.98 Å². The van der Waals surface area contributed by atoms with Crippen molar-refractivity contribution < 1.29 is 37.5 Å². The Morgan fingerprint density at radius 2 is 1.72 bits per heavy atom. The number of carbonyl (C=O) groups excluding carboxylic acids is 1. The van der Waals surface area contributed by atoms with Gasteiger partial charge in [-0.05, 0) is 124 Å². The van der Waals surface area contributed by atoms with E-state index in [-0.39, 0.29) is 28.6 Å². The van der Waals surface area contributed by atoms with Crippen LogP contribution in [0.1, 0.15) is 105 Å². The number of nitro groups is 1. The number of hydrogen-bond acceptors (Lipinski definition) is 14. The second-order valence-electron chi connectivity index (χ2n) is 21.7. The topological polar surface area (TPSA) is 205 Å². The maximum Gasteiger partial charge on any atom is 0.293 e. The van der Waals surface area contributed by atoms with E-state index in [9.17, 15) is 28.4 Å². The molecule has 11 rings (SSSR count). The van der Waals surface area contributed by atoms with Gasteiger partial charge in [0.25, 0.3) is 21.6 Å². The molecule has 382 valence electrons. The Hall–Kier alpha value is -5.79. The number of fused-ring (bicyclic) bond motifs is 3. The van der Waals surface area contributed by atoms with Crippen molar-refractivity contribution in [1.82, 2.24) is 19.6 Å². The van der Waals surface area contributed by atoms with Gasteiger partial charge in [-0.25, -0.2) is 13.1 Å². The molecule has 17 nitrogen and oxygen atoms in total. The number of ether oxygens (including phenoxy) is 3. The van der Waals surface area contributed by atoms with Crippen LogP contribution in [0, 0.1) is 21.4 Å². The normalized spacial score (nSPS) is 25.6. The lowest BCUT2D eigenvalue weighted by Gasteiger charge is -2.59. The lowest BCUT2D eigenvalue weighted by molar-refractivity contribution is -0.384. The average molecular weight is 1000 g/mol. The zero-order valence-electron chi connectivity index (χ0n) is 41.3. The maximum atomic E-state index is 14.7. The molecule has 0 radical (unpaired) electrons. The lowest BCUT2D eigenvalue weighted by atomic mass is 9.62. The van der Waals surface area contributed by atoms with E-state index in [1.165, 1.54) is 23.3 Å². The standard InChI is InChI=1S/C54H66N8O9S/c1-34(2)40-6-4-5-7-41(40)43-30-70-25-20-54(43)32-60(33-54)37-15-22-59(23-16-37)38-8-10-42(46(27-38)61-45-17-24-69-31-49(45)71-52-48(61)26-36-14-21-55-50(36)57-52)51(63)58-72(67,68)39-9-11-44(47(28-39)62(65)66)56-29-35-12-18-53(3,64)19-13-35/h4-11,14,21,26-28,34-35,37,43,45,49,56,64H,12-13,15-20,22-25,29-33H2,1-3H3,(H,55,57)(H,58,63)/t35-,43-,45-,49-,53-/m0/s1. The zero-order chi connectivity index (χ0) is 49.9. The first-order valence-electron chi connectivity index (χ1n) is 25.8. The molecule has 4 saturated heterocycles. The third-order valence-electron chi connectivity index (χ3n) is 16.7. The second-order valence-corrected chi connectivity index (χ2v) is 23.4. The summed E-state index contributed by atoms with van der Waals surface area (Å²) in [5.74, 6) is 0.493. The van der Waals surface area contributed by atoms with Crippen molar-refractivity contribution in [1.29, 1.82) is 0 Å². The predicted octanol–water partition coefficient (Wildman–Crippen LogP) is 8.23. The number of pyridine rings is 1. The van der Waals surface area contributed by atoms with Gasteiger partial charge in [-0.15, -0.1) is 0 Å². The number of aromatic amines is 1. The Morgan fingerprint density at radius 1 is 0.944 bits per heavy atom.